The predicted octanol–water partition coefficient (Wildman–Crippen LogP) is 8.12. The van der Waals surface area contributed by atoms with Gasteiger partial charge in [-0.25, -0.2) is 16.8 Å². The van der Waals surface area contributed by atoms with Gasteiger partial charge in [0.15, 0.2) is 0 Å². The average Bonchev–Trinajstić information content (AvgIpc) is 3.05. The van der Waals surface area contributed by atoms with Crippen molar-refractivity contribution in [2.24, 2.45) is 0 Å². The number of benzene rings is 2. The van der Waals surface area contributed by atoms with Crippen molar-refractivity contribution in [3.05, 3.63) is 59.7 Å². The van der Waals surface area contributed by atoms with E-state index in [4.69, 9.17) is 0 Å². The molecule has 0 atom stereocenters. The fraction of sp³-hybridized carbons (Fsp3) is 0.667. The van der Waals surface area contributed by atoms with Crippen molar-refractivity contribution in [2.45, 2.75) is 155 Å². The molecule has 0 radical (unpaired) electrons. The molecule has 312 valence electrons. The summed E-state index contributed by atoms with van der Waals surface area (Å²) in [6.07, 6.45) is 24.9. The predicted molar refractivity (Wildman–Crippen MR) is 210 cm³/mol. The van der Waals surface area contributed by atoms with E-state index >= 15 is 0 Å². The Morgan fingerprint density at radius 2 is 0.673 bits per heavy atom. The van der Waals surface area contributed by atoms with Crippen LogP contribution in [-0.2, 0) is 61.7 Å². The number of aryl methyl sites for hydroxylation is 2. The van der Waals surface area contributed by atoms with Crippen molar-refractivity contribution >= 4 is 79.3 Å². The molecule has 0 spiro atoms. The summed E-state index contributed by atoms with van der Waals surface area (Å²) in [6, 6.07) is 12.8. The van der Waals surface area contributed by atoms with Gasteiger partial charge in [-0.15, -0.1) is 7.26 Å². The number of para-hydroxylation sites is 2. The minimum atomic E-state index is -5.42. The maximum Gasteiger partial charge on any atom is 2.00 e. The zero-order valence-electron chi connectivity index (χ0n) is 32.2. The van der Waals surface area contributed by atoms with Crippen LogP contribution in [0.4, 0.5) is 0 Å². The molecule has 0 saturated carbocycles. The second-order valence-electron chi connectivity index (χ2n) is 13.0. The molecule has 0 unspecified atom stereocenters. The van der Waals surface area contributed by atoms with Crippen LogP contribution in [0.3, 0.4) is 0 Å². The Bertz CT molecular complexity index is 1620. The van der Waals surface area contributed by atoms with Crippen molar-refractivity contribution in [1.82, 2.24) is 0 Å². The van der Waals surface area contributed by atoms with Crippen LogP contribution in [0, 0.1) is 0 Å². The van der Waals surface area contributed by atoms with Crippen LogP contribution in [0.1, 0.15) is 153 Å². The van der Waals surface area contributed by atoms with E-state index < -0.39 is 41.6 Å². The maximum atomic E-state index is 11.5. The van der Waals surface area contributed by atoms with Crippen molar-refractivity contribution in [2.75, 3.05) is 0 Å². The molecule has 0 aliphatic rings. The summed E-state index contributed by atoms with van der Waals surface area (Å²) in [4.78, 5) is 0. The van der Waals surface area contributed by atoms with Gasteiger partial charge in [0.25, 0.3) is 0 Å². The molecule has 0 bridgehead atoms. The topological polar surface area (TPSA) is 220 Å². The Kier molecular flexibility index (Phi) is 29.5. The molecule has 55 heavy (non-hydrogen) atoms. The Balaban J connectivity index is 0.00000104. The van der Waals surface area contributed by atoms with Gasteiger partial charge in [0.1, 0.15) is 11.5 Å². The second-order valence-corrected chi connectivity index (χ2v) is 17.7. The normalized spacial score (nSPS) is 12.0. The monoisotopic (exact) mass is 882 g/mol. The van der Waals surface area contributed by atoms with E-state index in [2.05, 4.69) is 29.5 Å². The van der Waals surface area contributed by atoms with Gasteiger partial charge in [0.2, 0.25) is 20.8 Å². The SMILES string of the molecule is CCCCCCCCCCCCc1ccccc1OS(=O)(=O)OS(=O)(=O)[O-].CCCCCCCCCCCCc1ccccc1OS(=O)(=O)OS(=O)(=O)[O-].[Ca+2]. The van der Waals surface area contributed by atoms with Crippen LogP contribution in [0.25, 0.3) is 0 Å². The average molecular weight is 883 g/mol. The van der Waals surface area contributed by atoms with Crippen LogP contribution in [-0.4, -0.2) is 80.5 Å². The quantitative estimate of drug-likeness (QED) is 0.0313. The van der Waals surface area contributed by atoms with E-state index in [1.165, 1.54) is 102 Å². The zero-order chi connectivity index (χ0) is 40.4. The molecule has 0 amide bonds. The van der Waals surface area contributed by atoms with Crippen molar-refractivity contribution in [3.63, 3.8) is 0 Å². The van der Waals surface area contributed by atoms with Crippen molar-refractivity contribution < 1.29 is 58.4 Å². The Hall–Kier alpha value is -1.06. The number of hydrogen-bond donors (Lipinski definition) is 0. The van der Waals surface area contributed by atoms with E-state index in [1.54, 1.807) is 36.4 Å². The first kappa shape index (κ1) is 53.9. The summed E-state index contributed by atoms with van der Waals surface area (Å²) in [5.41, 5.74) is 1.24. The van der Waals surface area contributed by atoms with Gasteiger partial charge in [-0.1, -0.05) is 166 Å². The van der Waals surface area contributed by atoms with Crippen molar-refractivity contribution in [1.29, 1.82) is 0 Å². The van der Waals surface area contributed by atoms with Gasteiger partial charge < -0.3 is 17.5 Å². The fourth-order valence-corrected chi connectivity index (χ4v) is 8.26. The first-order valence-electron chi connectivity index (χ1n) is 18.9. The molecular formula is C36H58CaO14S4. The van der Waals surface area contributed by atoms with E-state index in [1.807, 2.05) is 0 Å². The van der Waals surface area contributed by atoms with Gasteiger partial charge >= 0.3 is 58.5 Å². The molecule has 0 aromatic heterocycles. The Morgan fingerprint density at radius 3 is 0.945 bits per heavy atom. The summed E-state index contributed by atoms with van der Waals surface area (Å²) in [5, 5.41) is 0. The second kappa shape index (κ2) is 30.0. The third kappa shape index (κ3) is 30.7. The number of unbranched alkanes of at least 4 members (excludes halogenated alkanes) is 18. The minimum absolute atomic E-state index is 0. The summed E-state index contributed by atoms with van der Waals surface area (Å²) in [6.45, 7) is 4.41. The first-order valence-corrected chi connectivity index (χ1v) is 24.2. The zero-order valence-corrected chi connectivity index (χ0v) is 37.7. The van der Waals surface area contributed by atoms with Gasteiger partial charge in [-0.05, 0) is 48.9 Å². The van der Waals surface area contributed by atoms with E-state index in [-0.39, 0.29) is 49.2 Å². The Labute approximate surface area is 361 Å². The number of rotatable bonds is 30. The molecule has 2 rings (SSSR count). The van der Waals surface area contributed by atoms with Crippen LogP contribution in [0.15, 0.2) is 48.5 Å². The molecular weight excluding hydrogens is 825 g/mol. The largest absolute Gasteiger partial charge is 2.00 e. The summed E-state index contributed by atoms with van der Waals surface area (Å²) in [7, 11) is -20.8. The summed E-state index contributed by atoms with van der Waals surface area (Å²) >= 11 is 0. The van der Waals surface area contributed by atoms with E-state index in [0.717, 1.165) is 38.5 Å². The van der Waals surface area contributed by atoms with Crippen LogP contribution < -0.4 is 8.37 Å². The minimum Gasteiger partial charge on any atom is -0.725 e. The third-order valence-electron chi connectivity index (χ3n) is 8.26. The molecule has 19 heteroatoms. The molecule has 2 aromatic carbocycles. The molecule has 0 heterocycles. The number of hydrogen-bond acceptors (Lipinski definition) is 14. The fourth-order valence-electron chi connectivity index (χ4n) is 5.64. The molecule has 2 aromatic rings. The smallest absolute Gasteiger partial charge is 0.725 e. The molecule has 0 aliphatic heterocycles. The summed E-state index contributed by atoms with van der Waals surface area (Å²) < 4.78 is 125. The summed E-state index contributed by atoms with van der Waals surface area (Å²) in [5.74, 6) is -0.0610. The molecule has 0 saturated heterocycles. The van der Waals surface area contributed by atoms with Crippen LogP contribution in [0.2, 0.25) is 0 Å². The molecule has 0 fully saturated rings. The van der Waals surface area contributed by atoms with E-state index in [9.17, 15) is 42.8 Å². The Morgan fingerprint density at radius 1 is 0.418 bits per heavy atom. The standard InChI is InChI=1S/2C18H30O7S2.Ca/c2*1-2-3-4-5-6-7-8-9-10-11-14-17-15-12-13-16-18(17)24-27(22,23)25-26(19,20)21;/h2*12-13,15-16H,2-11,14H2,1H3,(H,19,20,21);/q;;+2/p-2. The third-order valence-corrected chi connectivity index (χ3v) is 11.7. The van der Waals surface area contributed by atoms with Gasteiger partial charge in [-0.2, -0.15) is 16.8 Å². The van der Waals surface area contributed by atoms with Crippen molar-refractivity contribution in [3.8, 4) is 11.5 Å². The van der Waals surface area contributed by atoms with Gasteiger partial charge in [0.05, 0.1) is 0 Å². The first-order chi connectivity index (χ1) is 25.5. The van der Waals surface area contributed by atoms with Crippen LogP contribution >= 0.6 is 0 Å². The van der Waals surface area contributed by atoms with Gasteiger partial charge in [-0.3, -0.25) is 0 Å². The maximum absolute atomic E-state index is 11.5. The van der Waals surface area contributed by atoms with E-state index in [0.29, 0.717) is 24.0 Å². The van der Waals surface area contributed by atoms with Gasteiger partial charge in [0, 0.05) is 0 Å². The molecule has 0 aliphatic carbocycles. The molecule has 14 nitrogen and oxygen atoms in total. The van der Waals surface area contributed by atoms with Crippen LogP contribution in [0.5, 0.6) is 11.5 Å². The molecule has 0 N–H and O–H groups in total.